The van der Waals surface area contributed by atoms with Crippen LogP contribution in [0, 0.1) is 0 Å². The second-order valence-electron chi connectivity index (χ2n) is 4.37. The van der Waals surface area contributed by atoms with Gasteiger partial charge in [0.2, 0.25) is 0 Å². The lowest BCUT2D eigenvalue weighted by atomic mass is 10.2. The van der Waals surface area contributed by atoms with Crippen LogP contribution >= 0.6 is 0 Å². The summed E-state index contributed by atoms with van der Waals surface area (Å²) in [6.07, 6.45) is 0.985. The standard InChI is InChI=1S/C13H16N2O4/c16-10(2-4-13(17)18)7-14-6-9-1-3-11-12(5-9)19-8-15-11/h1,3,5,8,10,14,16H,2,4,6-7H2,(H,17,18). The summed E-state index contributed by atoms with van der Waals surface area (Å²) in [4.78, 5) is 14.4. The summed E-state index contributed by atoms with van der Waals surface area (Å²) in [5.41, 5.74) is 2.56. The molecule has 0 fully saturated rings. The van der Waals surface area contributed by atoms with Crippen molar-refractivity contribution in [2.75, 3.05) is 6.54 Å². The van der Waals surface area contributed by atoms with Crippen LogP contribution in [0.25, 0.3) is 11.1 Å². The number of carboxylic acids is 1. The maximum absolute atomic E-state index is 10.4. The summed E-state index contributed by atoms with van der Waals surface area (Å²) in [5.74, 6) is -0.894. The first kappa shape index (κ1) is 13.5. The van der Waals surface area contributed by atoms with Gasteiger partial charge < -0.3 is 19.9 Å². The average molecular weight is 264 g/mol. The number of carbonyl (C=O) groups is 1. The molecule has 0 aliphatic heterocycles. The largest absolute Gasteiger partial charge is 0.481 e. The van der Waals surface area contributed by atoms with Crippen LogP contribution in [0.15, 0.2) is 29.0 Å². The molecule has 1 aromatic carbocycles. The molecule has 1 aromatic heterocycles. The number of aliphatic hydroxyl groups is 1. The number of rotatable bonds is 7. The van der Waals surface area contributed by atoms with Gasteiger partial charge in [-0.3, -0.25) is 4.79 Å². The zero-order valence-electron chi connectivity index (χ0n) is 10.4. The van der Waals surface area contributed by atoms with Crippen LogP contribution in [0.4, 0.5) is 0 Å². The smallest absolute Gasteiger partial charge is 0.303 e. The van der Waals surface area contributed by atoms with E-state index < -0.39 is 12.1 Å². The number of carboxylic acid groups (broad SMARTS) is 1. The van der Waals surface area contributed by atoms with Crippen LogP contribution in [0.1, 0.15) is 18.4 Å². The Morgan fingerprint density at radius 3 is 3.11 bits per heavy atom. The number of oxazole rings is 1. The van der Waals surface area contributed by atoms with Crippen LogP contribution < -0.4 is 5.32 Å². The summed E-state index contributed by atoms with van der Waals surface area (Å²) >= 11 is 0. The van der Waals surface area contributed by atoms with E-state index in [9.17, 15) is 9.90 Å². The lowest BCUT2D eigenvalue weighted by Gasteiger charge is -2.10. The molecule has 3 N–H and O–H groups in total. The number of hydrogen-bond donors (Lipinski definition) is 3. The maximum Gasteiger partial charge on any atom is 0.303 e. The van der Waals surface area contributed by atoms with E-state index in [1.807, 2.05) is 18.2 Å². The third-order valence-corrected chi connectivity index (χ3v) is 2.80. The highest BCUT2D eigenvalue weighted by Crippen LogP contribution is 2.14. The molecule has 0 bridgehead atoms. The summed E-state index contributed by atoms with van der Waals surface area (Å²) in [5, 5.41) is 21.1. The minimum atomic E-state index is -0.894. The molecule has 6 nitrogen and oxygen atoms in total. The number of benzene rings is 1. The Hall–Kier alpha value is -1.92. The van der Waals surface area contributed by atoms with Gasteiger partial charge in [-0.25, -0.2) is 4.98 Å². The topological polar surface area (TPSA) is 95.6 Å². The van der Waals surface area contributed by atoms with Crippen molar-refractivity contribution in [3.8, 4) is 0 Å². The summed E-state index contributed by atoms with van der Waals surface area (Å²) in [6.45, 7) is 0.947. The van der Waals surface area contributed by atoms with Crippen LogP contribution in [-0.2, 0) is 11.3 Å². The normalized spacial score (nSPS) is 12.7. The van der Waals surface area contributed by atoms with Crippen molar-refractivity contribution in [3.05, 3.63) is 30.2 Å². The molecule has 0 spiro atoms. The summed E-state index contributed by atoms with van der Waals surface area (Å²) in [7, 11) is 0. The van der Waals surface area contributed by atoms with Gasteiger partial charge in [0.15, 0.2) is 12.0 Å². The molecule has 2 rings (SSSR count). The first-order valence-electron chi connectivity index (χ1n) is 6.08. The fraction of sp³-hybridized carbons (Fsp3) is 0.385. The van der Waals surface area contributed by atoms with E-state index in [0.29, 0.717) is 13.1 Å². The number of nitrogens with zero attached hydrogens (tertiary/aromatic N) is 1. The first-order chi connectivity index (χ1) is 9.15. The van der Waals surface area contributed by atoms with E-state index in [1.165, 1.54) is 6.39 Å². The number of hydrogen-bond acceptors (Lipinski definition) is 5. The van der Waals surface area contributed by atoms with Gasteiger partial charge in [-0.1, -0.05) is 6.07 Å². The van der Waals surface area contributed by atoms with Gasteiger partial charge in [0, 0.05) is 19.5 Å². The van der Waals surface area contributed by atoms with Crippen molar-refractivity contribution in [1.82, 2.24) is 10.3 Å². The fourth-order valence-electron chi connectivity index (χ4n) is 1.78. The molecule has 0 aliphatic carbocycles. The minimum Gasteiger partial charge on any atom is -0.481 e. The van der Waals surface area contributed by atoms with Crippen LogP contribution in [-0.4, -0.2) is 33.8 Å². The SMILES string of the molecule is O=C(O)CCC(O)CNCc1ccc2ncoc2c1. The molecule has 102 valence electrons. The average Bonchev–Trinajstić information content (AvgIpc) is 2.83. The Bertz CT molecular complexity index is 552. The predicted molar refractivity (Wildman–Crippen MR) is 68.6 cm³/mol. The van der Waals surface area contributed by atoms with Gasteiger partial charge in [0.25, 0.3) is 0 Å². The molecule has 0 saturated carbocycles. The Morgan fingerprint density at radius 2 is 2.32 bits per heavy atom. The molecular formula is C13H16N2O4. The van der Waals surface area contributed by atoms with Crippen molar-refractivity contribution in [3.63, 3.8) is 0 Å². The number of aliphatic carboxylic acids is 1. The van der Waals surface area contributed by atoms with E-state index in [1.54, 1.807) is 0 Å². The Labute approximate surface area is 110 Å². The molecule has 0 amide bonds. The quantitative estimate of drug-likeness (QED) is 0.694. The zero-order chi connectivity index (χ0) is 13.7. The Morgan fingerprint density at radius 1 is 1.47 bits per heavy atom. The second kappa shape index (κ2) is 6.31. The van der Waals surface area contributed by atoms with Crippen molar-refractivity contribution in [2.24, 2.45) is 0 Å². The van der Waals surface area contributed by atoms with E-state index in [4.69, 9.17) is 9.52 Å². The van der Waals surface area contributed by atoms with Gasteiger partial charge in [-0.2, -0.15) is 0 Å². The van der Waals surface area contributed by atoms with E-state index >= 15 is 0 Å². The third-order valence-electron chi connectivity index (χ3n) is 2.80. The van der Waals surface area contributed by atoms with Crippen LogP contribution in [0.5, 0.6) is 0 Å². The lowest BCUT2D eigenvalue weighted by Crippen LogP contribution is -2.26. The lowest BCUT2D eigenvalue weighted by molar-refractivity contribution is -0.137. The van der Waals surface area contributed by atoms with Crippen molar-refractivity contribution >= 4 is 17.1 Å². The van der Waals surface area contributed by atoms with Gasteiger partial charge in [-0.15, -0.1) is 0 Å². The number of nitrogens with one attached hydrogen (secondary N) is 1. The van der Waals surface area contributed by atoms with E-state index in [-0.39, 0.29) is 12.8 Å². The van der Waals surface area contributed by atoms with Crippen LogP contribution in [0.3, 0.4) is 0 Å². The Balaban J connectivity index is 1.77. The zero-order valence-corrected chi connectivity index (χ0v) is 10.4. The third kappa shape index (κ3) is 4.04. The van der Waals surface area contributed by atoms with Crippen molar-refractivity contribution < 1.29 is 19.4 Å². The highest BCUT2D eigenvalue weighted by molar-refractivity contribution is 5.72. The summed E-state index contributed by atoms with van der Waals surface area (Å²) < 4.78 is 5.20. The number of aromatic nitrogens is 1. The minimum absolute atomic E-state index is 0.0210. The highest BCUT2D eigenvalue weighted by atomic mass is 16.4. The monoisotopic (exact) mass is 264 g/mol. The summed E-state index contributed by atoms with van der Waals surface area (Å²) in [6, 6.07) is 5.69. The molecule has 1 unspecified atom stereocenters. The molecule has 1 heterocycles. The molecule has 6 heteroatoms. The van der Waals surface area contributed by atoms with E-state index in [0.717, 1.165) is 16.7 Å². The molecular weight excluding hydrogens is 248 g/mol. The van der Waals surface area contributed by atoms with Gasteiger partial charge in [-0.05, 0) is 24.1 Å². The molecule has 19 heavy (non-hydrogen) atoms. The van der Waals surface area contributed by atoms with Gasteiger partial charge >= 0.3 is 5.97 Å². The number of aliphatic hydroxyl groups excluding tert-OH is 1. The van der Waals surface area contributed by atoms with Crippen molar-refractivity contribution in [1.29, 1.82) is 0 Å². The van der Waals surface area contributed by atoms with E-state index in [2.05, 4.69) is 10.3 Å². The Kier molecular flexibility index (Phi) is 4.48. The fourth-order valence-corrected chi connectivity index (χ4v) is 1.78. The predicted octanol–water partition coefficient (Wildman–Crippen LogP) is 1.14. The molecule has 2 aromatic rings. The first-order valence-corrected chi connectivity index (χ1v) is 6.08. The van der Waals surface area contributed by atoms with Gasteiger partial charge in [0.1, 0.15) is 5.52 Å². The highest BCUT2D eigenvalue weighted by Gasteiger charge is 2.07. The molecule has 1 atom stereocenters. The molecule has 0 radical (unpaired) electrons. The molecule has 0 aliphatic rings. The second-order valence-corrected chi connectivity index (χ2v) is 4.37. The van der Waals surface area contributed by atoms with Gasteiger partial charge in [0.05, 0.1) is 6.10 Å². The van der Waals surface area contributed by atoms with Crippen molar-refractivity contribution in [2.45, 2.75) is 25.5 Å². The number of fused-ring (bicyclic) bond motifs is 1. The molecule has 0 saturated heterocycles. The maximum atomic E-state index is 10.4. The van der Waals surface area contributed by atoms with Crippen LogP contribution in [0.2, 0.25) is 0 Å².